The first-order chi connectivity index (χ1) is 10.7. The summed E-state index contributed by atoms with van der Waals surface area (Å²) in [7, 11) is 1.96. The topological polar surface area (TPSA) is 43.2 Å². The zero-order valence-electron chi connectivity index (χ0n) is 13.4. The van der Waals surface area contributed by atoms with E-state index in [9.17, 15) is 0 Å². The van der Waals surface area contributed by atoms with E-state index in [1.54, 1.807) is 0 Å². The van der Waals surface area contributed by atoms with Crippen LogP contribution in [0, 0.1) is 12.8 Å². The molecule has 1 saturated heterocycles. The molecular formula is C17H24N4O. The Bertz CT molecular complexity index is 610. The molecule has 5 nitrogen and oxygen atoms in total. The van der Waals surface area contributed by atoms with Crippen LogP contribution in [0.3, 0.4) is 0 Å². The lowest BCUT2D eigenvalue weighted by atomic mass is 10.0. The summed E-state index contributed by atoms with van der Waals surface area (Å²) < 4.78 is 7.65. The first-order valence-corrected chi connectivity index (χ1v) is 7.89. The van der Waals surface area contributed by atoms with Crippen molar-refractivity contribution >= 4 is 0 Å². The van der Waals surface area contributed by atoms with E-state index in [4.69, 9.17) is 4.74 Å². The van der Waals surface area contributed by atoms with Crippen LogP contribution in [0.5, 0.6) is 0 Å². The highest BCUT2D eigenvalue weighted by atomic mass is 16.5. The Labute approximate surface area is 131 Å². The maximum Gasteiger partial charge on any atom is 0.0593 e. The summed E-state index contributed by atoms with van der Waals surface area (Å²) in [6, 6.07) is 6.24. The molecule has 2 aromatic heterocycles. The predicted molar refractivity (Wildman–Crippen MR) is 85.5 cm³/mol. The molecule has 0 bridgehead atoms. The molecule has 0 aromatic carbocycles. The molecule has 1 atom stereocenters. The van der Waals surface area contributed by atoms with Gasteiger partial charge in [-0.05, 0) is 25.5 Å². The van der Waals surface area contributed by atoms with Crippen LogP contribution in [0.15, 0.2) is 30.6 Å². The third-order valence-electron chi connectivity index (χ3n) is 4.03. The van der Waals surface area contributed by atoms with Crippen molar-refractivity contribution in [1.82, 2.24) is 19.7 Å². The van der Waals surface area contributed by atoms with E-state index in [0.717, 1.165) is 50.7 Å². The van der Waals surface area contributed by atoms with E-state index in [0.29, 0.717) is 5.92 Å². The number of pyridine rings is 1. The Balaban J connectivity index is 1.62. The maximum atomic E-state index is 5.79. The average molecular weight is 300 g/mol. The Morgan fingerprint density at radius 2 is 2.27 bits per heavy atom. The molecule has 2 aromatic rings. The monoisotopic (exact) mass is 300 g/mol. The molecule has 0 saturated carbocycles. The van der Waals surface area contributed by atoms with Gasteiger partial charge in [-0.2, -0.15) is 5.10 Å². The molecule has 0 unspecified atom stereocenters. The molecule has 1 fully saturated rings. The molecule has 1 aliphatic rings. The van der Waals surface area contributed by atoms with Crippen molar-refractivity contribution in [3.8, 4) is 0 Å². The van der Waals surface area contributed by atoms with Crippen molar-refractivity contribution in [3.63, 3.8) is 0 Å². The summed E-state index contributed by atoms with van der Waals surface area (Å²) in [5, 5.41) is 4.25. The fourth-order valence-electron chi connectivity index (χ4n) is 3.04. The molecule has 0 aliphatic carbocycles. The highest BCUT2D eigenvalue weighted by Gasteiger charge is 2.20. The predicted octanol–water partition coefficient (Wildman–Crippen LogP) is 1.81. The zero-order valence-corrected chi connectivity index (χ0v) is 13.4. The molecule has 118 valence electrons. The number of rotatable bonds is 4. The average Bonchev–Trinajstić information content (AvgIpc) is 2.75. The molecule has 5 heteroatoms. The third kappa shape index (κ3) is 4.15. The van der Waals surface area contributed by atoms with Crippen LogP contribution >= 0.6 is 0 Å². The second-order valence-electron chi connectivity index (χ2n) is 6.17. The Morgan fingerprint density at radius 1 is 1.36 bits per heavy atom. The fourth-order valence-corrected chi connectivity index (χ4v) is 3.04. The molecule has 0 radical (unpaired) electrons. The smallest absolute Gasteiger partial charge is 0.0593 e. The molecule has 0 spiro atoms. The highest BCUT2D eigenvalue weighted by molar-refractivity contribution is 5.11. The second kappa shape index (κ2) is 7.03. The quantitative estimate of drug-likeness (QED) is 0.864. The first kappa shape index (κ1) is 15.2. The lowest BCUT2D eigenvalue weighted by Gasteiger charge is -2.22. The van der Waals surface area contributed by atoms with Crippen LogP contribution in [0.25, 0.3) is 0 Å². The van der Waals surface area contributed by atoms with E-state index in [-0.39, 0.29) is 0 Å². The van der Waals surface area contributed by atoms with E-state index >= 15 is 0 Å². The van der Waals surface area contributed by atoms with Crippen LogP contribution in [-0.4, -0.2) is 46.0 Å². The first-order valence-electron chi connectivity index (χ1n) is 7.89. The number of hydrogen-bond donors (Lipinski definition) is 0. The SMILES string of the molecule is Cc1cccc(C[C@H]2COCCN(Cc3cnn(C)c3)C2)n1. The van der Waals surface area contributed by atoms with Crippen molar-refractivity contribution in [2.24, 2.45) is 13.0 Å². The molecule has 3 heterocycles. The van der Waals surface area contributed by atoms with E-state index < -0.39 is 0 Å². The van der Waals surface area contributed by atoms with Gasteiger partial charge in [0.25, 0.3) is 0 Å². The number of nitrogens with zero attached hydrogens (tertiary/aromatic N) is 4. The highest BCUT2D eigenvalue weighted by Crippen LogP contribution is 2.15. The van der Waals surface area contributed by atoms with E-state index in [1.165, 1.54) is 5.56 Å². The molecule has 22 heavy (non-hydrogen) atoms. The van der Waals surface area contributed by atoms with Gasteiger partial charge in [0, 0.05) is 55.7 Å². The summed E-state index contributed by atoms with van der Waals surface area (Å²) >= 11 is 0. The lowest BCUT2D eigenvalue weighted by molar-refractivity contribution is 0.121. The van der Waals surface area contributed by atoms with Crippen LogP contribution in [0.2, 0.25) is 0 Å². The van der Waals surface area contributed by atoms with Gasteiger partial charge in [-0.3, -0.25) is 14.6 Å². The van der Waals surface area contributed by atoms with Crippen molar-refractivity contribution in [2.75, 3.05) is 26.3 Å². The van der Waals surface area contributed by atoms with E-state index in [2.05, 4.69) is 33.3 Å². The molecule has 0 amide bonds. The lowest BCUT2D eigenvalue weighted by Crippen LogP contribution is -2.30. The van der Waals surface area contributed by atoms with Gasteiger partial charge in [0.2, 0.25) is 0 Å². The van der Waals surface area contributed by atoms with Gasteiger partial charge >= 0.3 is 0 Å². The fraction of sp³-hybridized carbons (Fsp3) is 0.529. The number of ether oxygens (including phenoxy) is 1. The van der Waals surface area contributed by atoms with Crippen molar-refractivity contribution in [3.05, 3.63) is 47.5 Å². The molecule has 1 aliphatic heterocycles. The van der Waals surface area contributed by atoms with Crippen molar-refractivity contribution in [2.45, 2.75) is 19.9 Å². The summed E-state index contributed by atoms with van der Waals surface area (Å²) in [6.07, 6.45) is 5.01. The Kier molecular flexibility index (Phi) is 4.85. The number of hydrogen-bond acceptors (Lipinski definition) is 4. The summed E-state index contributed by atoms with van der Waals surface area (Å²) in [5.74, 6) is 0.494. The van der Waals surface area contributed by atoms with Crippen LogP contribution in [0.1, 0.15) is 17.0 Å². The van der Waals surface area contributed by atoms with Gasteiger partial charge < -0.3 is 4.74 Å². The van der Waals surface area contributed by atoms with Crippen LogP contribution in [0.4, 0.5) is 0 Å². The second-order valence-corrected chi connectivity index (χ2v) is 6.17. The maximum absolute atomic E-state index is 5.79. The minimum Gasteiger partial charge on any atom is -0.380 e. The van der Waals surface area contributed by atoms with Gasteiger partial charge in [-0.15, -0.1) is 0 Å². The van der Waals surface area contributed by atoms with Gasteiger partial charge in [0.05, 0.1) is 19.4 Å². The summed E-state index contributed by atoms with van der Waals surface area (Å²) in [5.41, 5.74) is 3.51. The van der Waals surface area contributed by atoms with Gasteiger partial charge in [0.15, 0.2) is 0 Å². The molecular weight excluding hydrogens is 276 g/mol. The standard InChI is InChI=1S/C17H24N4O/c1-14-4-3-5-17(19-14)8-15-11-21(6-7-22-13-15)12-16-9-18-20(2)10-16/h3-5,9-10,15H,6-8,11-13H2,1-2H3/t15-/m1/s1. The summed E-state index contributed by atoms with van der Waals surface area (Å²) in [6.45, 7) is 6.63. The molecule has 3 rings (SSSR count). The zero-order chi connectivity index (χ0) is 15.4. The Morgan fingerprint density at radius 3 is 3.05 bits per heavy atom. The van der Waals surface area contributed by atoms with E-state index in [1.807, 2.05) is 30.9 Å². The number of aryl methyl sites for hydroxylation is 2. The van der Waals surface area contributed by atoms with Crippen molar-refractivity contribution < 1.29 is 4.74 Å². The van der Waals surface area contributed by atoms with Crippen molar-refractivity contribution in [1.29, 1.82) is 0 Å². The third-order valence-corrected chi connectivity index (χ3v) is 4.03. The van der Waals surface area contributed by atoms with Gasteiger partial charge in [0.1, 0.15) is 0 Å². The minimum atomic E-state index is 0.494. The minimum absolute atomic E-state index is 0.494. The largest absolute Gasteiger partial charge is 0.380 e. The van der Waals surface area contributed by atoms with Gasteiger partial charge in [-0.25, -0.2) is 0 Å². The van der Waals surface area contributed by atoms with Crippen LogP contribution < -0.4 is 0 Å². The van der Waals surface area contributed by atoms with Gasteiger partial charge in [-0.1, -0.05) is 6.07 Å². The number of aromatic nitrogens is 3. The Hall–Kier alpha value is -1.72. The molecule has 0 N–H and O–H groups in total. The summed E-state index contributed by atoms with van der Waals surface area (Å²) in [4.78, 5) is 7.09. The van der Waals surface area contributed by atoms with Crippen LogP contribution in [-0.2, 0) is 24.8 Å². The normalized spacial score (nSPS) is 20.0.